The second kappa shape index (κ2) is 5.07. The van der Waals surface area contributed by atoms with E-state index in [2.05, 4.69) is 21.0 Å². The highest BCUT2D eigenvalue weighted by Gasteiger charge is 2.17. The zero-order chi connectivity index (χ0) is 13.4. The van der Waals surface area contributed by atoms with Gasteiger partial charge in [-0.1, -0.05) is 18.2 Å². The molecule has 2 aromatic heterocycles. The minimum Gasteiger partial charge on any atom is -0.386 e. The Morgan fingerprint density at radius 2 is 2.11 bits per heavy atom. The third-order valence-corrected chi connectivity index (χ3v) is 4.77. The van der Waals surface area contributed by atoms with Crippen LogP contribution in [0.5, 0.6) is 0 Å². The van der Waals surface area contributed by atoms with Gasteiger partial charge in [-0.2, -0.15) is 5.10 Å². The zero-order valence-electron chi connectivity index (χ0n) is 10.4. The van der Waals surface area contributed by atoms with Crippen molar-refractivity contribution in [1.82, 2.24) is 9.78 Å². The minimum absolute atomic E-state index is 0.573. The smallest absolute Gasteiger partial charge is 0.103 e. The quantitative estimate of drug-likeness (QED) is 0.792. The molecule has 1 N–H and O–H groups in total. The molecule has 3 nitrogen and oxygen atoms in total. The van der Waals surface area contributed by atoms with Gasteiger partial charge in [0.05, 0.1) is 15.0 Å². The summed E-state index contributed by atoms with van der Waals surface area (Å²) in [5.41, 5.74) is 1.80. The maximum Gasteiger partial charge on any atom is 0.103 e. The molecule has 0 saturated heterocycles. The molecule has 2 heterocycles. The Kier molecular flexibility index (Phi) is 3.43. The van der Waals surface area contributed by atoms with Gasteiger partial charge in [0.2, 0.25) is 0 Å². The maximum atomic E-state index is 10.4. The molecule has 0 fully saturated rings. The molecular formula is C14H13BrN2OS. The van der Waals surface area contributed by atoms with Crippen molar-refractivity contribution < 1.29 is 5.11 Å². The number of nitrogens with zero attached hydrogens (tertiary/aromatic N) is 2. The van der Waals surface area contributed by atoms with Crippen LogP contribution in [0.4, 0.5) is 0 Å². The topological polar surface area (TPSA) is 38.0 Å². The van der Waals surface area contributed by atoms with Gasteiger partial charge in [0.25, 0.3) is 0 Å². The molecule has 0 saturated carbocycles. The van der Waals surface area contributed by atoms with E-state index in [1.807, 2.05) is 48.1 Å². The second-order valence-corrected chi connectivity index (χ2v) is 7.00. The molecule has 5 heteroatoms. The summed E-state index contributed by atoms with van der Waals surface area (Å²) in [6.07, 6.45) is 0.0220. The number of aryl methyl sites for hydroxylation is 1. The fraction of sp³-hybridized carbons (Fsp3) is 0.214. The number of aliphatic hydroxyl groups excluding tert-OH is 1. The summed E-state index contributed by atoms with van der Waals surface area (Å²) in [5.74, 6) is 0. The Labute approximate surface area is 123 Å². The number of aliphatic hydroxyl groups is 1. The summed E-state index contributed by atoms with van der Waals surface area (Å²) in [6.45, 7) is 0. The molecule has 0 spiro atoms. The van der Waals surface area contributed by atoms with Gasteiger partial charge in [-0.25, -0.2) is 0 Å². The SMILES string of the molecule is Cn1nc(C(O)Cc2ccc(Br)s2)c2ccccc21. The highest BCUT2D eigenvalue weighted by atomic mass is 79.9. The van der Waals surface area contributed by atoms with Crippen LogP contribution in [0, 0.1) is 0 Å². The van der Waals surface area contributed by atoms with E-state index in [1.165, 1.54) is 0 Å². The third-order valence-electron chi connectivity index (χ3n) is 3.13. The average molecular weight is 337 g/mol. The molecule has 1 atom stereocenters. The van der Waals surface area contributed by atoms with Gasteiger partial charge in [-0.15, -0.1) is 11.3 Å². The zero-order valence-corrected chi connectivity index (χ0v) is 12.8. The summed E-state index contributed by atoms with van der Waals surface area (Å²) < 4.78 is 2.90. The Bertz CT molecular complexity index is 719. The number of fused-ring (bicyclic) bond motifs is 1. The number of thiophene rings is 1. The summed E-state index contributed by atoms with van der Waals surface area (Å²) in [5, 5.41) is 15.9. The molecule has 0 aliphatic carbocycles. The lowest BCUT2D eigenvalue weighted by Gasteiger charge is -2.06. The number of aromatic nitrogens is 2. The van der Waals surface area contributed by atoms with Gasteiger partial charge in [0.15, 0.2) is 0 Å². The lowest BCUT2D eigenvalue weighted by atomic mass is 10.1. The number of rotatable bonds is 3. The van der Waals surface area contributed by atoms with Crippen molar-refractivity contribution in [3.63, 3.8) is 0 Å². The molecule has 98 valence electrons. The van der Waals surface area contributed by atoms with Crippen molar-refractivity contribution in [2.75, 3.05) is 0 Å². The highest BCUT2D eigenvalue weighted by molar-refractivity contribution is 9.11. The highest BCUT2D eigenvalue weighted by Crippen LogP contribution is 2.29. The van der Waals surface area contributed by atoms with Crippen molar-refractivity contribution in [1.29, 1.82) is 0 Å². The Morgan fingerprint density at radius 1 is 1.32 bits per heavy atom. The van der Waals surface area contributed by atoms with Crippen LogP contribution in [-0.4, -0.2) is 14.9 Å². The molecule has 0 radical (unpaired) electrons. The van der Waals surface area contributed by atoms with E-state index in [1.54, 1.807) is 11.3 Å². The van der Waals surface area contributed by atoms with Crippen molar-refractivity contribution in [3.05, 3.63) is 50.8 Å². The van der Waals surface area contributed by atoms with Gasteiger partial charge in [-0.05, 0) is 34.1 Å². The van der Waals surface area contributed by atoms with E-state index >= 15 is 0 Å². The Morgan fingerprint density at radius 3 is 2.84 bits per heavy atom. The van der Waals surface area contributed by atoms with Crippen LogP contribution in [0.15, 0.2) is 40.2 Å². The van der Waals surface area contributed by atoms with Crippen LogP contribution in [0.2, 0.25) is 0 Å². The fourth-order valence-corrected chi connectivity index (χ4v) is 3.76. The molecule has 3 rings (SSSR count). The van der Waals surface area contributed by atoms with Gasteiger partial charge >= 0.3 is 0 Å². The first kappa shape index (κ1) is 12.8. The molecule has 1 aromatic carbocycles. The van der Waals surface area contributed by atoms with Crippen LogP contribution in [0.25, 0.3) is 10.9 Å². The van der Waals surface area contributed by atoms with E-state index < -0.39 is 6.10 Å². The Balaban J connectivity index is 1.95. The lowest BCUT2D eigenvalue weighted by molar-refractivity contribution is 0.175. The number of hydrogen-bond acceptors (Lipinski definition) is 3. The monoisotopic (exact) mass is 336 g/mol. The predicted octanol–water partition coefficient (Wildman–Crippen LogP) is 3.67. The van der Waals surface area contributed by atoms with Crippen LogP contribution in [0.3, 0.4) is 0 Å². The second-order valence-electron chi connectivity index (χ2n) is 4.45. The summed E-state index contributed by atoms with van der Waals surface area (Å²) in [4.78, 5) is 1.15. The number of hydrogen-bond donors (Lipinski definition) is 1. The van der Waals surface area contributed by atoms with E-state index in [0.29, 0.717) is 6.42 Å². The van der Waals surface area contributed by atoms with Crippen molar-refractivity contribution in [3.8, 4) is 0 Å². The van der Waals surface area contributed by atoms with Gasteiger partial charge in [0, 0.05) is 23.7 Å². The summed E-state index contributed by atoms with van der Waals surface area (Å²) in [7, 11) is 1.90. The number of para-hydroxylation sites is 1. The van der Waals surface area contributed by atoms with Crippen molar-refractivity contribution in [2.24, 2.45) is 7.05 Å². The summed E-state index contributed by atoms with van der Waals surface area (Å²) >= 11 is 5.08. The van der Waals surface area contributed by atoms with E-state index in [9.17, 15) is 5.11 Å². The first-order chi connectivity index (χ1) is 9.15. The average Bonchev–Trinajstić information content (AvgIpc) is 2.95. The largest absolute Gasteiger partial charge is 0.386 e. The van der Waals surface area contributed by atoms with Crippen molar-refractivity contribution in [2.45, 2.75) is 12.5 Å². The Hall–Kier alpha value is -1.17. The predicted molar refractivity (Wildman–Crippen MR) is 81.4 cm³/mol. The third kappa shape index (κ3) is 2.45. The normalized spacial score (nSPS) is 13.0. The van der Waals surface area contributed by atoms with Crippen LogP contribution in [0.1, 0.15) is 16.7 Å². The molecule has 0 aliphatic heterocycles. The first-order valence-electron chi connectivity index (χ1n) is 5.99. The first-order valence-corrected chi connectivity index (χ1v) is 7.60. The molecule has 1 unspecified atom stereocenters. The lowest BCUT2D eigenvalue weighted by Crippen LogP contribution is -2.02. The minimum atomic E-state index is -0.573. The van der Waals surface area contributed by atoms with Crippen LogP contribution in [-0.2, 0) is 13.5 Å². The molecular weight excluding hydrogens is 324 g/mol. The molecule has 0 aliphatic rings. The van der Waals surface area contributed by atoms with E-state index in [0.717, 1.165) is 25.3 Å². The van der Waals surface area contributed by atoms with E-state index in [-0.39, 0.29) is 0 Å². The maximum absolute atomic E-state index is 10.4. The van der Waals surface area contributed by atoms with Gasteiger partial charge in [-0.3, -0.25) is 4.68 Å². The fourth-order valence-electron chi connectivity index (χ4n) is 2.24. The van der Waals surface area contributed by atoms with E-state index in [4.69, 9.17) is 0 Å². The molecule has 19 heavy (non-hydrogen) atoms. The molecule has 3 aromatic rings. The molecule has 0 amide bonds. The molecule has 0 bridgehead atoms. The standard InChI is InChI=1S/C14H13BrN2OS/c1-17-11-5-3-2-4-10(11)14(16-17)12(18)8-9-6-7-13(15)19-9/h2-7,12,18H,8H2,1H3. The van der Waals surface area contributed by atoms with Crippen molar-refractivity contribution >= 4 is 38.2 Å². The number of benzene rings is 1. The van der Waals surface area contributed by atoms with Crippen LogP contribution < -0.4 is 0 Å². The number of halogens is 1. The van der Waals surface area contributed by atoms with Gasteiger partial charge in [0.1, 0.15) is 6.10 Å². The summed E-state index contributed by atoms with van der Waals surface area (Å²) in [6, 6.07) is 12.0. The van der Waals surface area contributed by atoms with Gasteiger partial charge < -0.3 is 5.11 Å². The van der Waals surface area contributed by atoms with Crippen LogP contribution >= 0.6 is 27.3 Å².